The number of rotatable bonds is 3. The normalized spacial score (nSPS) is 16.2. The first-order valence-corrected chi connectivity index (χ1v) is 8.76. The Balaban J connectivity index is 1.69. The smallest absolute Gasteiger partial charge is 0.277 e. The molecule has 2 aromatic heterocycles. The third-order valence-electron chi connectivity index (χ3n) is 4.76. The molecule has 0 N–H and O–H groups in total. The van der Waals surface area contributed by atoms with Crippen molar-refractivity contribution in [3.8, 4) is 11.7 Å². The second-order valence-corrected chi connectivity index (χ2v) is 6.65. The van der Waals surface area contributed by atoms with Crippen molar-refractivity contribution in [2.75, 3.05) is 7.11 Å². The highest BCUT2D eigenvalue weighted by atomic mass is 35.5. The number of ether oxygens (including phenoxy) is 1. The molecule has 0 spiro atoms. The van der Waals surface area contributed by atoms with Crippen LogP contribution in [-0.4, -0.2) is 26.9 Å². The molecule has 1 aliphatic rings. The summed E-state index contributed by atoms with van der Waals surface area (Å²) in [4.78, 5) is 21.0. The average molecular weight is 369 g/mol. The lowest BCUT2D eigenvalue weighted by Gasteiger charge is -2.25. The highest BCUT2D eigenvalue weighted by Crippen LogP contribution is 2.36. The number of halogens is 1. The Morgan fingerprint density at radius 2 is 2.08 bits per heavy atom. The van der Waals surface area contributed by atoms with E-state index in [1.807, 2.05) is 18.2 Å². The fourth-order valence-electron chi connectivity index (χ4n) is 3.42. The highest BCUT2D eigenvalue weighted by Gasteiger charge is 2.25. The zero-order valence-corrected chi connectivity index (χ0v) is 15.0. The van der Waals surface area contributed by atoms with Crippen molar-refractivity contribution in [1.82, 2.24) is 19.7 Å². The first-order valence-electron chi connectivity index (χ1n) is 8.38. The quantitative estimate of drug-likeness (QED) is 0.710. The lowest BCUT2D eigenvalue weighted by Crippen LogP contribution is -2.30. The van der Waals surface area contributed by atoms with E-state index in [2.05, 4.69) is 15.1 Å². The van der Waals surface area contributed by atoms with Gasteiger partial charge in [0.2, 0.25) is 0 Å². The molecule has 0 saturated heterocycles. The predicted octanol–water partition coefficient (Wildman–Crippen LogP) is 2.96. The van der Waals surface area contributed by atoms with Crippen molar-refractivity contribution in [3.63, 3.8) is 0 Å². The van der Waals surface area contributed by atoms with Crippen molar-refractivity contribution in [2.24, 2.45) is 0 Å². The van der Waals surface area contributed by atoms with Gasteiger partial charge in [0.1, 0.15) is 5.75 Å². The largest absolute Gasteiger partial charge is 0.497 e. The van der Waals surface area contributed by atoms with Crippen LogP contribution in [0.25, 0.3) is 5.95 Å². The Hall–Kier alpha value is -2.73. The third kappa shape index (κ3) is 2.97. The van der Waals surface area contributed by atoms with Crippen LogP contribution >= 0.6 is 11.6 Å². The van der Waals surface area contributed by atoms with Crippen LogP contribution in [0, 0.1) is 0 Å². The van der Waals surface area contributed by atoms with Gasteiger partial charge in [-0.05, 0) is 60.6 Å². The average Bonchev–Trinajstić information content (AvgIpc) is 2.69. The van der Waals surface area contributed by atoms with E-state index >= 15 is 0 Å². The SMILES string of the molecule is COc1ccc(Cl)c(C2CCc3c(cnn(-c4ncccn4)c3=O)C2)c1. The summed E-state index contributed by atoms with van der Waals surface area (Å²) in [6, 6.07) is 7.39. The Kier molecular flexibility index (Phi) is 4.42. The number of aromatic nitrogens is 4. The van der Waals surface area contributed by atoms with Gasteiger partial charge in [0.15, 0.2) is 0 Å². The maximum Gasteiger partial charge on any atom is 0.277 e. The zero-order valence-electron chi connectivity index (χ0n) is 14.2. The van der Waals surface area contributed by atoms with Crippen LogP contribution in [0.5, 0.6) is 5.75 Å². The molecular weight excluding hydrogens is 352 g/mol. The third-order valence-corrected chi connectivity index (χ3v) is 5.11. The molecule has 1 unspecified atom stereocenters. The molecule has 7 heteroatoms. The van der Waals surface area contributed by atoms with E-state index in [9.17, 15) is 4.79 Å². The summed E-state index contributed by atoms with van der Waals surface area (Å²) in [7, 11) is 1.64. The van der Waals surface area contributed by atoms with Crippen LogP contribution in [0.2, 0.25) is 5.02 Å². The molecule has 132 valence electrons. The van der Waals surface area contributed by atoms with Crippen LogP contribution in [0.1, 0.15) is 29.0 Å². The fourth-order valence-corrected chi connectivity index (χ4v) is 3.69. The number of methoxy groups -OCH3 is 1. The van der Waals surface area contributed by atoms with Gasteiger partial charge < -0.3 is 4.74 Å². The van der Waals surface area contributed by atoms with Crippen LogP contribution in [0.4, 0.5) is 0 Å². The first-order chi connectivity index (χ1) is 12.7. The lowest BCUT2D eigenvalue weighted by atomic mass is 9.81. The summed E-state index contributed by atoms with van der Waals surface area (Å²) in [5.41, 5.74) is 2.64. The Labute approximate surface area is 155 Å². The summed E-state index contributed by atoms with van der Waals surface area (Å²) in [6.45, 7) is 0. The molecule has 1 atom stereocenters. The molecule has 0 radical (unpaired) electrons. The molecule has 1 aromatic carbocycles. The number of hydrogen-bond donors (Lipinski definition) is 0. The van der Waals surface area contributed by atoms with Crippen molar-refractivity contribution in [1.29, 1.82) is 0 Å². The minimum atomic E-state index is -0.149. The van der Waals surface area contributed by atoms with Gasteiger partial charge in [-0.2, -0.15) is 9.78 Å². The first kappa shape index (κ1) is 16.7. The molecule has 0 saturated carbocycles. The van der Waals surface area contributed by atoms with E-state index in [-0.39, 0.29) is 11.5 Å². The zero-order chi connectivity index (χ0) is 18.1. The van der Waals surface area contributed by atoms with Crippen molar-refractivity contribution < 1.29 is 4.74 Å². The second-order valence-electron chi connectivity index (χ2n) is 6.24. The highest BCUT2D eigenvalue weighted by molar-refractivity contribution is 6.31. The molecule has 0 bridgehead atoms. The van der Waals surface area contributed by atoms with E-state index < -0.39 is 0 Å². The number of fused-ring (bicyclic) bond motifs is 1. The lowest BCUT2D eigenvalue weighted by molar-refractivity contribution is 0.413. The predicted molar refractivity (Wildman–Crippen MR) is 98.2 cm³/mol. The molecular formula is C19H17ClN4O2. The standard InChI is InChI=1S/C19H17ClN4O2/c1-26-14-4-6-17(20)16(10-14)12-3-5-15-13(9-12)11-23-24(18(15)25)19-21-7-2-8-22-19/h2,4,6-8,10-12H,3,5,9H2,1H3. The summed E-state index contributed by atoms with van der Waals surface area (Å²) in [6.07, 6.45) is 7.16. The van der Waals surface area contributed by atoms with Gasteiger partial charge >= 0.3 is 0 Å². The molecule has 4 rings (SSSR count). The Bertz CT molecular complexity index is 1000. The van der Waals surface area contributed by atoms with Crippen LogP contribution in [0.3, 0.4) is 0 Å². The molecule has 0 fully saturated rings. The molecule has 6 nitrogen and oxygen atoms in total. The summed E-state index contributed by atoms with van der Waals surface area (Å²) in [5.74, 6) is 1.30. The molecule has 26 heavy (non-hydrogen) atoms. The summed E-state index contributed by atoms with van der Waals surface area (Å²) in [5, 5.41) is 4.99. The summed E-state index contributed by atoms with van der Waals surface area (Å²) >= 11 is 6.40. The molecule has 0 aliphatic heterocycles. The van der Waals surface area contributed by atoms with Gasteiger partial charge in [-0.25, -0.2) is 9.97 Å². The number of hydrogen-bond acceptors (Lipinski definition) is 5. The van der Waals surface area contributed by atoms with E-state index in [4.69, 9.17) is 16.3 Å². The van der Waals surface area contributed by atoms with Gasteiger partial charge in [0.25, 0.3) is 11.5 Å². The van der Waals surface area contributed by atoms with E-state index in [1.54, 1.807) is 31.8 Å². The molecule has 1 aliphatic carbocycles. The van der Waals surface area contributed by atoms with E-state index in [1.165, 1.54) is 4.68 Å². The van der Waals surface area contributed by atoms with Gasteiger partial charge in [-0.3, -0.25) is 4.79 Å². The Morgan fingerprint density at radius 1 is 1.27 bits per heavy atom. The molecule has 2 heterocycles. The summed E-state index contributed by atoms with van der Waals surface area (Å²) < 4.78 is 6.58. The second kappa shape index (κ2) is 6.88. The minimum absolute atomic E-state index is 0.149. The van der Waals surface area contributed by atoms with E-state index in [0.717, 1.165) is 40.3 Å². The maximum absolute atomic E-state index is 12.8. The molecule has 3 aromatic rings. The van der Waals surface area contributed by atoms with Crippen molar-refractivity contribution in [2.45, 2.75) is 25.2 Å². The Morgan fingerprint density at radius 3 is 2.85 bits per heavy atom. The van der Waals surface area contributed by atoms with Gasteiger partial charge in [-0.15, -0.1) is 0 Å². The number of benzene rings is 1. The van der Waals surface area contributed by atoms with E-state index in [0.29, 0.717) is 12.4 Å². The number of nitrogens with zero attached hydrogens (tertiary/aromatic N) is 4. The van der Waals surface area contributed by atoms with Gasteiger partial charge in [-0.1, -0.05) is 11.6 Å². The minimum Gasteiger partial charge on any atom is -0.497 e. The molecule has 0 amide bonds. The monoisotopic (exact) mass is 368 g/mol. The fraction of sp³-hybridized carbons (Fsp3) is 0.263. The van der Waals surface area contributed by atoms with Crippen LogP contribution in [-0.2, 0) is 12.8 Å². The topological polar surface area (TPSA) is 69.9 Å². The van der Waals surface area contributed by atoms with Crippen LogP contribution in [0.15, 0.2) is 47.7 Å². The van der Waals surface area contributed by atoms with Crippen molar-refractivity contribution in [3.05, 3.63) is 74.9 Å². The van der Waals surface area contributed by atoms with Crippen LogP contribution < -0.4 is 10.3 Å². The van der Waals surface area contributed by atoms with Gasteiger partial charge in [0, 0.05) is 23.0 Å². The van der Waals surface area contributed by atoms with Gasteiger partial charge in [0.05, 0.1) is 13.3 Å². The van der Waals surface area contributed by atoms with Crippen molar-refractivity contribution >= 4 is 11.6 Å². The maximum atomic E-state index is 12.8.